The molecule has 0 fully saturated rings. The van der Waals surface area contributed by atoms with Gasteiger partial charge in [-0.1, -0.05) is 11.8 Å². The Bertz CT molecular complexity index is 1090. The van der Waals surface area contributed by atoms with E-state index in [2.05, 4.69) is 5.32 Å². The minimum absolute atomic E-state index is 0.106. The van der Waals surface area contributed by atoms with Crippen LogP contribution < -0.4 is 15.6 Å². The van der Waals surface area contributed by atoms with Crippen LogP contribution in [0.3, 0.4) is 0 Å². The lowest BCUT2D eigenvalue weighted by molar-refractivity contribution is -0.118. The molecule has 0 radical (unpaired) electrons. The van der Waals surface area contributed by atoms with Crippen LogP contribution in [0.4, 0.5) is 0 Å². The lowest BCUT2D eigenvalue weighted by Crippen LogP contribution is -2.27. The number of nitrogens with one attached hydrogen (secondary N) is 1. The number of benzene rings is 1. The van der Waals surface area contributed by atoms with Crippen LogP contribution in [0.25, 0.3) is 15.9 Å². The summed E-state index contributed by atoms with van der Waals surface area (Å²) >= 11 is 2.75. The molecule has 0 atom stereocenters. The summed E-state index contributed by atoms with van der Waals surface area (Å²) in [5.41, 5.74) is 1.50. The van der Waals surface area contributed by atoms with Gasteiger partial charge in [0, 0.05) is 25.1 Å². The number of ether oxygens (including phenoxy) is 2. The fraction of sp³-hybridized carbons (Fsp3) is 0.381. The fourth-order valence-electron chi connectivity index (χ4n) is 2.96. The second-order valence-electron chi connectivity index (χ2n) is 6.68. The van der Waals surface area contributed by atoms with E-state index in [4.69, 9.17) is 14.5 Å². The summed E-state index contributed by atoms with van der Waals surface area (Å²) in [7, 11) is 3.23. The number of fused-ring (bicyclic) bond motifs is 1. The zero-order valence-corrected chi connectivity index (χ0v) is 19.1. The van der Waals surface area contributed by atoms with Crippen molar-refractivity contribution in [1.29, 1.82) is 0 Å². The van der Waals surface area contributed by atoms with Gasteiger partial charge in [0.25, 0.3) is 5.56 Å². The number of rotatable bonds is 9. The average molecular weight is 448 g/mol. The Balaban J connectivity index is 1.95. The van der Waals surface area contributed by atoms with Crippen molar-refractivity contribution in [2.75, 3.05) is 33.1 Å². The van der Waals surface area contributed by atoms with Gasteiger partial charge in [-0.2, -0.15) is 0 Å². The van der Waals surface area contributed by atoms with Gasteiger partial charge in [-0.05, 0) is 50.1 Å². The molecule has 0 aliphatic heterocycles. The lowest BCUT2D eigenvalue weighted by atomic mass is 10.2. The van der Waals surface area contributed by atoms with Crippen LogP contribution in [0.1, 0.15) is 16.9 Å². The van der Waals surface area contributed by atoms with Gasteiger partial charge in [0.15, 0.2) is 5.16 Å². The summed E-state index contributed by atoms with van der Waals surface area (Å²) in [6.45, 7) is 5.07. The standard InChI is InChI=1S/C21H25N3O4S2/c1-13-14(2)30-19-18(13)20(26)24(15-6-8-16(28-4)9-7-15)21(23-19)29-12-17(25)22-10-5-11-27-3/h6-9H,5,10-12H2,1-4H3,(H,22,25). The van der Waals surface area contributed by atoms with Gasteiger partial charge in [0.2, 0.25) is 5.91 Å². The number of amides is 1. The number of aromatic nitrogens is 2. The Labute approximate surface area is 183 Å². The van der Waals surface area contributed by atoms with E-state index in [0.717, 1.165) is 16.9 Å². The first-order valence-corrected chi connectivity index (χ1v) is 11.3. The number of thiophene rings is 1. The molecule has 160 valence electrons. The van der Waals surface area contributed by atoms with E-state index in [-0.39, 0.29) is 17.2 Å². The number of hydrogen-bond donors (Lipinski definition) is 1. The highest BCUT2D eigenvalue weighted by molar-refractivity contribution is 7.99. The molecule has 0 spiro atoms. The van der Waals surface area contributed by atoms with E-state index in [1.807, 2.05) is 26.0 Å². The maximum Gasteiger partial charge on any atom is 0.267 e. The van der Waals surface area contributed by atoms with E-state index in [0.29, 0.717) is 40.0 Å². The molecule has 3 aromatic rings. The summed E-state index contributed by atoms with van der Waals surface area (Å²) in [6.07, 6.45) is 0.751. The Morgan fingerprint density at radius 3 is 2.63 bits per heavy atom. The van der Waals surface area contributed by atoms with Crippen LogP contribution in [0.15, 0.2) is 34.2 Å². The zero-order valence-electron chi connectivity index (χ0n) is 17.5. The highest BCUT2D eigenvalue weighted by Gasteiger charge is 2.19. The van der Waals surface area contributed by atoms with E-state index in [1.54, 1.807) is 30.9 Å². The molecule has 2 aromatic heterocycles. The molecule has 0 saturated carbocycles. The van der Waals surface area contributed by atoms with Crippen LogP contribution in [-0.4, -0.2) is 48.6 Å². The van der Waals surface area contributed by atoms with Crippen molar-refractivity contribution in [2.45, 2.75) is 25.4 Å². The topological polar surface area (TPSA) is 82.5 Å². The van der Waals surface area contributed by atoms with Gasteiger partial charge in [0.05, 0.1) is 23.9 Å². The molecule has 0 bridgehead atoms. The number of carbonyl (C=O) groups excluding carboxylic acids is 1. The van der Waals surface area contributed by atoms with Crippen LogP contribution in [0, 0.1) is 13.8 Å². The first-order valence-electron chi connectivity index (χ1n) is 9.52. The molecule has 0 aliphatic rings. The molecular weight excluding hydrogens is 422 g/mol. The maximum atomic E-state index is 13.4. The molecule has 30 heavy (non-hydrogen) atoms. The second-order valence-corrected chi connectivity index (χ2v) is 8.83. The molecule has 1 amide bonds. The molecule has 1 N–H and O–H groups in total. The average Bonchev–Trinajstić information content (AvgIpc) is 3.03. The largest absolute Gasteiger partial charge is 0.497 e. The predicted molar refractivity (Wildman–Crippen MR) is 121 cm³/mol. The van der Waals surface area contributed by atoms with Crippen molar-refractivity contribution in [1.82, 2.24) is 14.9 Å². The van der Waals surface area contributed by atoms with Crippen molar-refractivity contribution in [2.24, 2.45) is 0 Å². The number of aryl methyl sites for hydroxylation is 2. The van der Waals surface area contributed by atoms with Crippen molar-refractivity contribution < 1.29 is 14.3 Å². The van der Waals surface area contributed by atoms with Crippen molar-refractivity contribution in [3.05, 3.63) is 45.1 Å². The van der Waals surface area contributed by atoms with Crippen LogP contribution >= 0.6 is 23.1 Å². The van der Waals surface area contributed by atoms with Gasteiger partial charge in [-0.25, -0.2) is 4.98 Å². The second kappa shape index (κ2) is 10.1. The van der Waals surface area contributed by atoms with Gasteiger partial charge < -0.3 is 14.8 Å². The van der Waals surface area contributed by atoms with E-state index < -0.39 is 0 Å². The minimum atomic E-state index is -0.130. The summed E-state index contributed by atoms with van der Waals surface area (Å²) in [4.78, 5) is 32.1. The molecule has 9 heteroatoms. The Morgan fingerprint density at radius 2 is 1.97 bits per heavy atom. The third-order valence-electron chi connectivity index (χ3n) is 4.68. The normalized spacial score (nSPS) is 11.1. The van der Waals surface area contributed by atoms with E-state index in [1.165, 1.54) is 23.1 Å². The number of thioether (sulfide) groups is 1. The predicted octanol–water partition coefficient (Wildman–Crippen LogP) is 3.32. The van der Waals surface area contributed by atoms with Gasteiger partial charge in [-0.15, -0.1) is 11.3 Å². The van der Waals surface area contributed by atoms with E-state index in [9.17, 15) is 9.59 Å². The summed E-state index contributed by atoms with van der Waals surface area (Å²) < 4.78 is 11.8. The molecule has 1 aromatic carbocycles. The quantitative estimate of drug-likeness (QED) is 0.308. The third-order valence-corrected chi connectivity index (χ3v) is 6.72. The van der Waals surface area contributed by atoms with Crippen molar-refractivity contribution in [3.8, 4) is 11.4 Å². The van der Waals surface area contributed by atoms with Crippen molar-refractivity contribution in [3.63, 3.8) is 0 Å². The molecule has 0 aliphatic carbocycles. The number of hydrogen-bond acceptors (Lipinski definition) is 7. The SMILES string of the molecule is COCCCNC(=O)CSc1nc2sc(C)c(C)c2c(=O)n1-c1ccc(OC)cc1. The highest BCUT2D eigenvalue weighted by Crippen LogP contribution is 2.29. The molecule has 7 nitrogen and oxygen atoms in total. The molecular formula is C21H25N3O4S2. The molecule has 3 rings (SSSR count). The highest BCUT2D eigenvalue weighted by atomic mass is 32.2. The van der Waals surface area contributed by atoms with Gasteiger partial charge in [0.1, 0.15) is 10.6 Å². The van der Waals surface area contributed by atoms with Crippen LogP contribution in [0.2, 0.25) is 0 Å². The first-order chi connectivity index (χ1) is 14.5. The summed E-state index contributed by atoms with van der Waals surface area (Å²) in [5.74, 6) is 0.767. The van der Waals surface area contributed by atoms with Crippen LogP contribution in [-0.2, 0) is 9.53 Å². The number of methoxy groups -OCH3 is 2. The minimum Gasteiger partial charge on any atom is -0.497 e. The monoisotopic (exact) mass is 447 g/mol. The summed E-state index contributed by atoms with van der Waals surface area (Å²) in [6, 6.07) is 7.23. The zero-order chi connectivity index (χ0) is 21.7. The fourth-order valence-corrected chi connectivity index (χ4v) is 4.87. The Morgan fingerprint density at radius 1 is 1.23 bits per heavy atom. The van der Waals surface area contributed by atoms with Crippen LogP contribution in [0.5, 0.6) is 5.75 Å². The first kappa shape index (κ1) is 22.3. The lowest BCUT2D eigenvalue weighted by Gasteiger charge is -2.13. The van der Waals surface area contributed by atoms with E-state index >= 15 is 0 Å². The van der Waals surface area contributed by atoms with Gasteiger partial charge in [-0.3, -0.25) is 14.2 Å². The Kier molecular flexibility index (Phi) is 7.52. The third kappa shape index (κ3) is 4.85. The van der Waals surface area contributed by atoms with Gasteiger partial charge >= 0.3 is 0 Å². The maximum absolute atomic E-state index is 13.4. The molecule has 0 unspecified atom stereocenters. The summed E-state index contributed by atoms with van der Waals surface area (Å²) in [5, 5.41) is 3.98. The number of carbonyl (C=O) groups is 1. The smallest absolute Gasteiger partial charge is 0.267 e. The molecule has 2 heterocycles. The van der Waals surface area contributed by atoms with Crippen molar-refractivity contribution >= 4 is 39.2 Å². The Hall–Kier alpha value is -2.36. The molecule has 0 saturated heterocycles. The number of nitrogens with zero attached hydrogens (tertiary/aromatic N) is 2.